The lowest BCUT2D eigenvalue weighted by molar-refractivity contribution is 0.615. The van der Waals surface area contributed by atoms with Gasteiger partial charge in [0.1, 0.15) is 0 Å². The summed E-state index contributed by atoms with van der Waals surface area (Å²) in [6.45, 7) is 6.28. The van der Waals surface area contributed by atoms with Gasteiger partial charge in [0.15, 0.2) is 0 Å². The lowest BCUT2D eigenvalue weighted by atomic mass is 10.0. The minimum Gasteiger partial charge on any atom is -0.312 e. The Kier molecular flexibility index (Phi) is 5.17. The molecule has 0 aromatic heterocycles. The number of nitrogens with one attached hydrogen (secondary N) is 1. The van der Waals surface area contributed by atoms with Crippen molar-refractivity contribution in [3.05, 3.63) is 69.7 Å². The molecule has 0 aliphatic carbocycles. The first-order valence-electron chi connectivity index (χ1n) is 6.67. The molecule has 0 amide bonds. The molecule has 1 N–H and O–H groups in total. The summed E-state index contributed by atoms with van der Waals surface area (Å²) in [6, 6.07) is 17.2. The van der Waals surface area contributed by atoms with Crippen LogP contribution in [-0.4, -0.2) is 6.54 Å². The normalized spacial score (nSPS) is 12.4. The maximum absolute atomic E-state index is 3.58. The molecule has 1 unspecified atom stereocenters. The average Bonchev–Trinajstić information content (AvgIpc) is 2.43. The molecule has 2 aromatic rings. The van der Waals surface area contributed by atoms with Gasteiger partial charge in [-0.3, -0.25) is 0 Å². The van der Waals surface area contributed by atoms with Crippen LogP contribution in [0.3, 0.4) is 0 Å². The second-order valence-corrected chi connectivity index (χ2v) is 5.88. The van der Waals surface area contributed by atoms with Crippen molar-refractivity contribution in [3.8, 4) is 0 Å². The fraction of sp³-hybridized carbons (Fsp3) is 0.294. The minimum atomic E-state index is 0.537. The molecule has 2 heteroatoms. The van der Waals surface area contributed by atoms with Crippen molar-refractivity contribution in [1.29, 1.82) is 0 Å². The van der Waals surface area contributed by atoms with E-state index >= 15 is 0 Å². The van der Waals surface area contributed by atoms with E-state index in [1.165, 1.54) is 21.2 Å². The summed E-state index contributed by atoms with van der Waals surface area (Å²) in [6.07, 6.45) is 0. The lowest BCUT2D eigenvalue weighted by Gasteiger charge is -2.13. The fourth-order valence-corrected chi connectivity index (χ4v) is 2.50. The van der Waals surface area contributed by atoms with Crippen molar-refractivity contribution in [2.45, 2.75) is 26.3 Å². The molecular formula is C17H20BrN. The van der Waals surface area contributed by atoms with Crippen LogP contribution in [0.25, 0.3) is 0 Å². The zero-order chi connectivity index (χ0) is 13.7. The van der Waals surface area contributed by atoms with E-state index in [9.17, 15) is 0 Å². The topological polar surface area (TPSA) is 12.0 Å². The molecule has 100 valence electrons. The van der Waals surface area contributed by atoms with E-state index in [1.54, 1.807) is 0 Å². The van der Waals surface area contributed by atoms with Crippen molar-refractivity contribution in [2.24, 2.45) is 0 Å². The largest absolute Gasteiger partial charge is 0.312 e. The van der Waals surface area contributed by atoms with Crippen LogP contribution in [0.5, 0.6) is 0 Å². The maximum atomic E-state index is 3.58. The van der Waals surface area contributed by atoms with Crippen molar-refractivity contribution < 1.29 is 0 Å². The van der Waals surface area contributed by atoms with Gasteiger partial charge in [-0.25, -0.2) is 0 Å². The predicted octanol–water partition coefficient (Wildman–Crippen LogP) is 4.65. The summed E-state index contributed by atoms with van der Waals surface area (Å²) < 4.78 is 1.18. The van der Waals surface area contributed by atoms with Crippen LogP contribution in [0.2, 0.25) is 0 Å². The smallest absolute Gasteiger partial charge is 0.0207 e. The number of rotatable bonds is 5. The van der Waals surface area contributed by atoms with E-state index in [0.717, 1.165) is 13.1 Å². The van der Waals surface area contributed by atoms with E-state index in [2.05, 4.69) is 83.6 Å². The molecule has 0 saturated heterocycles. The minimum absolute atomic E-state index is 0.537. The summed E-state index contributed by atoms with van der Waals surface area (Å²) >= 11 is 3.58. The molecule has 1 nitrogen and oxygen atoms in total. The van der Waals surface area contributed by atoms with E-state index in [0.29, 0.717) is 5.92 Å². The summed E-state index contributed by atoms with van der Waals surface area (Å²) in [7, 11) is 0. The van der Waals surface area contributed by atoms with Gasteiger partial charge in [-0.05, 0) is 35.6 Å². The standard InChI is InChI=1S/C17H20BrN/c1-13-8-9-15(10-17(13)18)12-19-11-14(2)16-6-4-3-5-7-16/h3-10,14,19H,11-12H2,1-2H3. The summed E-state index contributed by atoms with van der Waals surface area (Å²) in [5, 5.41) is 3.53. The first-order chi connectivity index (χ1) is 9.16. The quantitative estimate of drug-likeness (QED) is 0.846. The molecule has 0 spiro atoms. The first kappa shape index (κ1) is 14.3. The maximum Gasteiger partial charge on any atom is 0.0207 e. The lowest BCUT2D eigenvalue weighted by Crippen LogP contribution is -2.19. The number of benzene rings is 2. The third-order valence-electron chi connectivity index (χ3n) is 3.38. The monoisotopic (exact) mass is 317 g/mol. The fourth-order valence-electron chi connectivity index (χ4n) is 2.08. The van der Waals surface area contributed by atoms with Crippen LogP contribution in [0.1, 0.15) is 29.5 Å². The highest BCUT2D eigenvalue weighted by Crippen LogP contribution is 2.18. The first-order valence-corrected chi connectivity index (χ1v) is 7.47. The van der Waals surface area contributed by atoms with Crippen molar-refractivity contribution >= 4 is 15.9 Å². The Balaban J connectivity index is 1.85. The molecule has 0 fully saturated rings. The summed E-state index contributed by atoms with van der Waals surface area (Å²) in [5.41, 5.74) is 3.99. The van der Waals surface area contributed by atoms with Gasteiger partial charge in [-0.15, -0.1) is 0 Å². The Morgan fingerprint density at radius 3 is 2.53 bits per heavy atom. The highest BCUT2D eigenvalue weighted by molar-refractivity contribution is 9.10. The molecule has 0 aliphatic rings. The Hall–Kier alpha value is -1.12. The highest BCUT2D eigenvalue weighted by atomic mass is 79.9. The molecule has 0 saturated carbocycles. The van der Waals surface area contributed by atoms with Gasteiger partial charge in [0.2, 0.25) is 0 Å². The zero-order valence-electron chi connectivity index (χ0n) is 11.5. The van der Waals surface area contributed by atoms with Crippen molar-refractivity contribution in [1.82, 2.24) is 5.32 Å². The van der Waals surface area contributed by atoms with Gasteiger partial charge in [0.25, 0.3) is 0 Å². The Morgan fingerprint density at radius 1 is 1.11 bits per heavy atom. The SMILES string of the molecule is Cc1ccc(CNCC(C)c2ccccc2)cc1Br. The van der Waals surface area contributed by atoms with Gasteiger partial charge in [-0.2, -0.15) is 0 Å². The van der Waals surface area contributed by atoms with Gasteiger partial charge >= 0.3 is 0 Å². The van der Waals surface area contributed by atoms with Crippen LogP contribution in [0.4, 0.5) is 0 Å². The van der Waals surface area contributed by atoms with Crippen molar-refractivity contribution in [2.75, 3.05) is 6.54 Å². The number of aryl methyl sites for hydroxylation is 1. The summed E-state index contributed by atoms with van der Waals surface area (Å²) in [4.78, 5) is 0. The van der Waals surface area contributed by atoms with E-state index < -0.39 is 0 Å². The highest BCUT2D eigenvalue weighted by Gasteiger charge is 2.04. The Bertz CT molecular complexity index is 522. The van der Waals surface area contributed by atoms with Crippen LogP contribution < -0.4 is 5.32 Å². The Labute approximate surface area is 124 Å². The van der Waals surface area contributed by atoms with Crippen molar-refractivity contribution in [3.63, 3.8) is 0 Å². The predicted molar refractivity (Wildman–Crippen MR) is 85.4 cm³/mol. The average molecular weight is 318 g/mol. The molecule has 0 bridgehead atoms. The van der Waals surface area contributed by atoms with E-state index in [1.807, 2.05) is 0 Å². The summed E-state index contributed by atoms with van der Waals surface area (Å²) in [5.74, 6) is 0.537. The van der Waals surface area contributed by atoms with Gasteiger partial charge < -0.3 is 5.32 Å². The molecule has 2 aromatic carbocycles. The third kappa shape index (κ3) is 4.19. The van der Waals surface area contributed by atoms with Gasteiger partial charge in [-0.1, -0.05) is 65.3 Å². The molecule has 0 heterocycles. The molecular weight excluding hydrogens is 298 g/mol. The van der Waals surface area contributed by atoms with Crippen LogP contribution in [0, 0.1) is 6.92 Å². The van der Waals surface area contributed by atoms with E-state index in [4.69, 9.17) is 0 Å². The second-order valence-electron chi connectivity index (χ2n) is 5.03. The van der Waals surface area contributed by atoms with Crippen LogP contribution in [0.15, 0.2) is 53.0 Å². The molecule has 19 heavy (non-hydrogen) atoms. The van der Waals surface area contributed by atoms with Gasteiger partial charge in [0, 0.05) is 17.6 Å². The molecule has 0 aliphatic heterocycles. The van der Waals surface area contributed by atoms with Gasteiger partial charge in [0.05, 0.1) is 0 Å². The van der Waals surface area contributed by atoms with Crippen LogP contribution >= 0.6 is 15.9 Å². The third-order valence-corrected chi connectivity index (χ3v) is 4.24. The van der Waals surface area contributed by atoms with E-state index in [-0.39, 0.29) is 0 Å². The molecule has 2 rings (SSSR count). The molecule has 0 radical (unpaired) electrons. The number of hydrogen-bond acceptors (Lipinski definition) is 1. The number of hydrogen-bond donors (Lipinski definition) is 1. The number of halogens is 1. The Morgan fingerprint density at radius 2 is 1.84 bits per heavy atom. The van der Waals surface area contributed by atoms with Crippen LogP contribution in [-0.2, 0) is 6.54 Å². The zero-order valence-corrected chi connectivity index (χ0v) is 13.1. The molecule has 1 atom stereocenters. The second kappa shape index (κ2) is 6.88.